The number of aromatic nitrogens is 8. The van der Waals surface area contributed by atoms with Gasteiger partial charge >= 0.3 is 36.4 Å². The molecular formula is C43H54F2N10O13. The summed E-state index contributed by atoms with van der Waals surface area (Å²) in [5, 5.41) is 18.5. The lowest BCUT2D eigenvalue weighted by Crippen LogP contribution is -2.44. The Kier molecular flexibility index (Phi) is 17.4. The Bertz CT molecular complexity index is 2520. The lowest BCUT2D eigenvalue weighted by Gasteiger charge is -2.27. The van der Waals surface area contributed by atoms with Crippen molar-refractivity contribution in [3.05, 3.63) is 24.8 Å². The SMILES string of the molecule is C#C[C@]1(CC)O[C@@H](n2cnc3c(N)nc(F)nc32)C[C@@H]1OC(=O)OCCCCCC(=O)OC(C)(C)C.C#C[C@]1(CO)O[C@@H](n2cnc3c(N)nc(F)nc32)C[C@@H]1OC(=O)OCCCCCC(=O)O. The Morgan fingerprint density at radius 2 is 1.24 bits per heavy atom. The molecular weight excluding hydrogens is 903 g/mol. The molecule has 4 aromatic rings. The number of carboxylic acids is 1. The van der Waals surface area contributed by atoms with Gasteiger partial charge in [0.15, 0.2) is 51.3 Å². The number of nitrogens with two attached hydrogens (primary N) is 2. The number of nitrogens with zero attached hydrogens (tertiary/aromatic N) is 8. The fourth-order valence-electron chi connectivity index (χ4n) is 7.31. The van der Waals surface area contributed by atoms with E-state index in [-0.39, 0.29) is 72.4 Å². The van der Waals surface area contributed by atoms with Crippen LogP contribution in [0.5, 0.6) is 0 Å². The summed E-state index contributed by atoms with van der Waals surface area (Å²) in [5.74, 6) is 3.50. The summed E-state index contributed by atoms with van der Waals surface area (Å²) in [7, 11) is 0. The Balaban J connectivity index is 0.000000256. The van der Waals surface area contributed by atoms with E-state index in [0.29, 0.717) is 51.4 Å². The van der Waals surface area contributed by atoms with Crippen molar-refractivity contribution in [2.24, 2.45) is 0 Å². The number of hydrogen-bond acceptors (Lipinski definition) is 20. The summed E-state index contributed by atoms with van der Waals surface area (Å²) < 4.78 is 68.4. The molecule has 0 aliphatic carbocycles. The van der Waals surface area contributed by atoms with Gasteiger partial charge in [-0.2, -0.15) is 28.7 Å². The van der Waals surface area contributed by atoms with Crippen LogP contribution in [0.3, 0.4) is 0 Å². The van der Waals surface area contributed by atoms with Gasteiger partial charge in [0.2, 0.25) is 0 Å². The number of aliphatic hydroxyl groups excluding tert-OH is 1. The summed E-state index contributed by atoms with van der Waals surface area (Å²) in [4.78, 5) is 69.2. The molecule has 6 atom stereocenters. The van der Waals surface area contributed by atoms with Crippen LogP contribution in [0.1, 0.15) is 111 Å². The maximum absolute atomic E-state index is 13.8. The van der Waals surface area contributed by atoms with Crippen LogP contribution in [-0.4, -0.2) is 122 Å². The lowest BCUT2D eigenvalue weighted by atomic mass is 9.94. The zero-order chi connectivity index (χ0) is 49.8. The molecule has 2 aliphatic heterocycles. The highest BCUT2D eigenvalue weighted by Crippen LogP contribution is 2.42. The normalized spacial score (nSPS) is 22.1. The van der Waals surface area contributed by atoms with Crippen LogP contribution in [0.2, 0.25) is 0 Å². The van der Waals surface area contributed by atoms with Crippen LogP contribution in [0, 0.1) is 36.8 Å². The fourth-order valence-corrected chi connectivity index (χ4v) is 7.31. The summed E-state index contributed by atoms with van der Waals surface area (Å²) >= 11 is 0. The van der Waals surface area contributed by atoms with E-state index < -0.39 is 78.5 Å². The van der Waals surface area contributed by atoms with E-state index in [1.807, 2.05) is 20.8 Å². The monoisotopic (exact) mass is 956 g/mol. The lowest BCUT2D eigenvalue weighted by molar-refractivity contribution is -0.155. The molecule has 0 radical (unpaired) electrons. The van der Waals surface area contributed by atoms with Crippen LogP contribution in [0.4, 0.5) is 30.0 Å². The number of unbranched alkanes of at least 4 members (excludes halogenated alkanes) is 4. The number of ether oxygens (including phenoxy) is 7. The summed E-state index contributed by atoms with van der Waals surface area (Å²) in [6, 6.07) is 0. The van der Waals surface area contributed by atoms with Crippen LogP contribution >= 0.6 is 0 Å². The predicted octanol–water partition coefficient (Wildman–Crippen LogP) is 4.67. The minimum Gasteiger partial charge on any atom is -0.481 e. The topological polar surface area (TPSA) is 313 Å². The van der Waals surface area contributed by atoms with Crippen LogP contribution in [0.15, 0.2) is 12.7 Å². The highest BCUT2D eigenvalue weighted by atomic mass is 19.1. The zero-order valence-electron chi connectivity index (χ0n) is 37.9. The van der Waals surface area contributed by atoms with Gasteiger partial charge in [-0.1, -0.05) is 18.8 Å². The third-order valence-corrected chi connectivity index (χ3v) is 10.7. The number of esters is 1. The molecule has 368 valence electrons. The Morgan fingerprint density at radius 3 is 1.66 bits per heavy atom. The van der Waals surface area contributed by atoms with Crippen LogP contribution < -0.4 is 11.5 Å². The number of imidazole rings is 2. The molecule has 2 fully saturated rings. The Morgan fingerprint density at radius 1 is 0.779 bits per heavy atom. The van der Waals surface area contributed by atoms with Crippen LogP contribution in [0.25, 0.3) is 22.3 Å². The van der Waals surface area contributed by atoms with Crippen molar-refractivity contribution in [2.45, 2.75) is 140 Å². The van der Waals surface area contributed by atoms with Crippen molar-refractivity contribution >= 4 is 58.2 Å². The molecule has 25 heteroatoms. The minimum absolute atomic E-state index is 0.00451. The van der Waals surface area contributed by atoms with Crippen molar-refractivity contribution in [3.63, 3.8) is 0 Å². The molecule has 0 amide bonds. The van der Waals surface area contributed by atoms with Crippen molar-refractivity contribution in [2.75, 3.05) is 31.3 Å². The van der Waals surface area contributed by atoms with E-state index in [4.69, 9.17) is 62.6 Å². The van der Waals surface area contributed by atoms with Gasteiger partial charge in [-0.15, -0.1) is 12.8 Å². The van der Waals surface area contributed by atoms with Gasteiger partial charge in [0, 0.05) is 25.7 Å². The number of anilines is 2. The molecule has 6 rings (SSSR count). The fraction of sp³-hybridized carbons (Fsp3) is 0.581. The summed E-state index contributed by atoms with van der Waals surface area (Å²) in [6.07, 6.45) is 10.7. The molecule has 6 heterocycles. The molecule has 23 nitrogen and oxygen atoms in total. The number of nitrogen functional groups attached to an aromatic ring is 2. The largest absolute Gasteiger partial charge is 0.508 e. The predicted molar refractivity (Wildman–Crippen MR) is 232 cm³/mol. The number of rotatable bonds is 18. The molecule has 0 spiro atoms. The second kappa shape index (κ2) is 22.7. The second-order valence-corrected chi connectivity index (χ2v) is 16.6. The standard InChI is InChI=1S/C24H32FN5O6.C19H22FN5O7/c1-6-24(7-2)15(34-22(32)33-12-10-8-9-11-17(31)36-23(3,4)5)13-16(35-24)30-14-27-18-19(26)28-21(25)29-20(18)30;1-2-19(9-26)11(31-18(29)30-7-5-3-4-6-13(27)28)8-12(32-19)25-10-22-14-15(21)23-17(20)24-16(14)25/h1,14-16H,7-13H2,2-5H3,(H2,26,28,29);1,10-12,26H,3-9H2,(H,27,28)(H2,21,23,24)/t15-,16+,24+;11-,12+,19+/m00/s1. The van der Waals surface area contributed by atoms with Gasteiger partial charge in [-0.25, -0.2) is 19.6 Å². The average Bonchev–Trinajstić information content (AvgIpc) is 4.06. The molecule has 6 N–H and O–H groups in total. The smallest absolute Gasteiger partial charge is 0.481 e. The molecule has 0 unspecified atom stereocenters. The maximum Gasteiger partial charge on any atom is 0.508 e. The number of aliphatic carboxylic acids is 1. The van der Waals surface area contributed by atoms with E-state index >= 15 is 0 Å². The number of hydrogen-bond donors (Lipinski definition) is 4. The number of carbonyl (C=O) groups excluding carboxylic acids is 3. The summed E-state index contributed by atoms with van der Waals surface area (Å²) in [6.45, 7) is 6.75. The molecule has 4 aromatic heterocycles. The third kappa shape index (κ3) is 12.9. The van der Waals surface area contributed by atoms with Crippen molar-refractivity contribution in [3.8, 4) is 24.7 Å². The minimum atomic E-state index is -1.67. The maximum atomic E-state index is 13.8. The number of halogens is 2. The zero-order valence-corrected chi connectivity index (χ0v) is 37.9. The van der Waals surface area contributed by atoms with E-state index in [1.54, 1.807) is 6.92 Å². The first-order valence-electron chi connectivity index (χ1n) is 21.6. The van der Waals surface area contributed by atoms with Gasteiger partial charge in [-0.3, -0.25) is 18.7 Å². The second-order valence-electron chi connectivity index (χ2n) is 16.6. The van der Waals surface area contributed by atoms with Gasteiger partial charge < -0.3 is 54.8 Å². The number of carboxylic acid groups (broad SMARTS) is 1. The van der Waals surface area contributed by atoms with E-state index in [9.17, 15) is 33.1 Å². The number of aliphatic hydroxyl groups is 1. The highest BCUT2D eigenvalue weighted by Gasteiger charge is 2.52. The van der Waals surface area contributed by atoms with Gasteiger partial charge in [0.1, 0.15) is 24.2 Å². The molecule has 0 bridgehead atoms. The van der Waals surface area contributed by atoms with Crippen molar-refractivity contribution in [1.82, 2.24) is 39.0 Å². The molecule has 2 aliphatic rings. The Hall–Kier alpha value is -6.96. The number of fused-ring (bicyclic) bond motifs is 2. The van der Waals surface area contributed by atoms with E-state index in [2.05, 4.69) is 41.7 Å². The first kappa shape index (κ1) is 52.0. The molecule has 68 heavy (non-hydrogen) atoms. The highest BCUT2D eigenvalue weighted by molar-refractivity contribution is 5.82. The number of terminal acetylenes is 2. The first-order valence-corrected chi connectivity index (χ1v) is 21.6. The summed E-state index contributed by atoms with van der Waals surface area (Å²) in [5.41, 5.74) is 8.56. The van der Waals surface area contributed by atoms with E-state index in [0.717, 1.165) is 0 Å². The third-order valence-electron chi connectivity index (χ3n) is 10.7. The number of carbonyl (C=O) groups is 4. The van der Waals surface area contributed by atoms with Crippen molar-refractivity contribution in [1.29, 1.82) is 0 Å². The van der Waals surface area contributed by atoms with Gasteiger partial charge in [0.25, 0.3) is 0 Å². The van der Waals surface area contributed by atoms with E-state index in [1.165, 1.54) is 21.8 Å². The van der Waals surface area contributed by atoms with Gasteiger partial charge in [-0.05, 0) is 65.7 Å². The van der Waals surface area contributed by atoms with Crippen molar-refractivity contribution < 1.29 is 71.3 Å². The Labute approximate surface area is 388 Å². The molecule has 2 saturated heterocycles. The van der Waals surface area contributed by atoms with Crippen LogP contribution in [-0.2, 0) is 42.7 Å². The first-order chi connectivity index (χ1) is 32.3. The molecule has 0 aromatic carbocycles. The average molecular weight is 957 g/mol. The van der Waals surface area contributed by atoms with Gasteiger partial charge in [0.05, 0.1) is 32.5 Å². The molecule has 0 saturated carbocycles. The quantitative estimate of drug-likeness (QED) is 0.0346.